The lowest BCUT2D eigenvalue weighted by molar-refractivity contribution is 0.666. The van der Waals surface area contributed by atoms with Crippen molar-refractivity contribution in [3.05, 3.63) is 133 Å². The van der Waals surface area contributed by atoms with E-state index < -0.39 is 0 Å². The van der Waals surface area contributed by atoms with Gasteiger partial charge in [-0.1, -0.05) is 84.9 Å². The van der Waals surface area contributed by atoms with Crippen molar-refractivity contribution < 1.29 is 4.42 Å². The normalized spacial score (nSPS) is 11.9. The molecule has 0 saturated heterocycles. The molecule has 0 saturated carbocycles. The Morgan fingerprint density at radius 1 is 0.488 bits per heavy atom. The molecule has 4 nitrogen and oxygen atoms in total. The molecule has 4 heteroatoms. The molecule has 0 spiro atoms. The van der Waals surface area contributed by atoms with Crippen LogP contribution >= 0.6 is 0 Å². The van der Waals surface area contributed by atoms with Gasteiger partial charge in [-0.3, -0.25) is 0 Å². The minimum atomic E-state index is 0.637. The van der Waals surface area contributed by atoms with Gasteiger partial charge in [0, 0.05) is 26.9 Å². The summed E-state index contributed by atoms with van der Waals surface area (Å²) in [5, 5.41) is 16.8. The largest absolute Gasteiger partial charge is 0.454 e. The average Bonchev–Trinajstić information content (AvgIpc) is 3.69. The van der Waals surface area contributed by atoms with E-state index >= 15 is 0 Å². The molecule has 3 heterocycles. The van der Waals surface area contributed by atoms with Crippen molar-refractivity contribution in [2.75, 3.05) is 0 Å². The third kappa shape index (κ3) is 2.87. The molecule has 0 fully saturated rings. The number of aromatic nitrogens is 2. The van der Waals surface area contributed by atoms with E-state index in [1.165, 1.54) is 10.8 Å². The molecule has 9 aromatic rings. The molecule has 6 aromatic carbocycles. The summed E-state index contributed by atoms with van der Waals surface area (Å²) in [5.41, 5.74) is 8.52. The lowest BCUT2D eigenvalue weighted by Gasteiger charge is -2.10. The molecule has 0 atom stereocenters. The zero-order valence-electron chi connectivity index (χ0n) is 21.9. The van der Waals surface area contributed by atoms with Crippen molar-refractivity contribution in [3.63, 3.8) is 0 Å². The minimum Gasteiger partial charge on any atom is -0.454 e. The zero-order valence-corrected chi connectivity index (χ0v) is 21.9. The highest BCUT2D eigenvalue weighted by Gasteiger charge is 2.22. The smallest absolute Gasteiger partial charge is 0.159 e. The summed E-state index contributed by atoms with van der Waals surface area (Å²) < 4.78 is 11.3. The zero-order chi connectivity index (χ0) is 27.1. The Hall–Kier alpha value is -5.79. The predicted octanol–water partition coefficient (Wildman–Crippen LogP) is 9.65. The third-order valence-electron chi connectivity index (χ3n) is 8.36. The topological polar surface area (TPSA) is 46.8 Å². The summed E-state index contributed by atoms with van der Waals surface area (Å²) in [4.78, 5) is 0. The number of rotatable bonds is 2. The maximum atomic E-state index is 10.1. The van der Waals surface area contributed by atoms with Crippen molar-refractivity contribution in [1.29, 1.82) is 5.26 Å². The molecule has 0 aliphatic carbocycles. The second-order valence-electron chi connectivity index (χ2n) is 10.4. The molecule has 0 radical (unpaired) electrons. The third-order valence-corrected chi connectivity index (χ3v) is 8.36. The molecule has 190 valence electrons. The van der Waals surface area contributed by atoms with Gasteiger partial charge in [-0.15, -0.1) is 0 Å². The van der Waals surface area contributed by atoms with E-state index in [1.54, 1.807) is 0 Å². The van der Waals surface area contributed by atoms with Crippen molar-refractivity contribution >= 4 is 65.6 Å². The summed E-state index contributed by atoms with van der Waals surface area (Å²) in [7, 11) is 0. The highest BCUT2D eigenvalue weighted by molar-refractivity contribution is 6.17. The monoisotopic (exact) mass is 523 g/mol. The summed E-state index contributed by atoms with van der Waals surface area (Å²) in [6.07, 6.45) is 0. The lowest BCUT2D eigenvalue weighted by atomic mass is 10.1. The van der Waals surface area contributed by atoms with E-state index in [1.807, 2.05) is 30.3 Å². The summed E-state index contributed by atoms with van der Waals surface area (Å²) in [6, 6.07) is 46.4. The van der Waals surface area contributed by atoms with Crippen LogP contribution in [0.25, 0.3) is 76.9 Å². The Balaban J connectivity index is 1.43. The maximum absolute atomic E-state index is 10.1. The molecule has 0 aliphatic rings. The summed E-state index contributed by atoms with van der Waals surface area (Å²) in [5.74, 6) is 0. The van der Waals surface area contributed by atoms with Gasteiger partial charge in [0.25, 0.3) is 0 Å². The van der Waals surface area contributed by atoms with E-state index in [0.717, 1.165) is 66.2 Å². The second kappa shape index (κ2) is 8.11. The number of para-hydroxylation sites is 5. The molecule has 0 N–H and O–H groups in total. The Labute approximate surface area is 234 Å². The molecule has 0 aliphatic heterocycles. The maximum Gasteiger partial charge on any atom is 0.159 e. The number of nitriles is 1. The Kier molecular flexibility index (Phi) is 4.37. The fourth-order valence-electron chi connectivity index (χ4n) is 6.72. The van der Waals surface area contributed by atoms with Gasteiger partial charge in [0.2, 0.25) is 0 Å². The number of benzene rings is 6. The van der Waals surface area contributed by atoms with Crippen LogP contribution in [0.15, 0.2) is 132 Å². The van der Waals surface area contributed by atoms with Gasteiger partial charge in [-0.25, -0.2) is 0 Å². The Morgan fingerprint density at radius 2 is 1.02 bits per heavy atom. The quantitative estimate of drug-likeness (QED) is 0.226. The van der Waals surface area contributed by atoms with Crippen molar-refractivity contribution in [1.82, 2.24) is 9.13 Å². The van der Waals surface area contributed by atoms with E-state index in [0.29, 0.717) is 5.56 Å². The SMILES string of the molecule is N#Cc1cccc2c3ccccc3n(-c3cccc4c3oc3cccc(-n5c6ccccc6c6ccccc65)c34)c12. The van der Waals surface area contributed by atoms with E-state index in [2.05, 4.69) is 112 Å². The van der Waals surface area contributed by atoms with Crippen molar-refractivity contribution in [2.45, 2.75) is 0 Å². The molecule has 0 bridgehead atoms. The number of furan rings is 1. The van der Waals surface area contributed by atoms with Gasteiger partial charge in [0.05, 0.1) is 44.4 Å². The summed E-state index contributed by atoms with van der Waals surface area (Å²) in [6.45, 7) is 0. The van der Waals surface area contributed by atoms with Crippen LogP contribution in [-0.2, 0) is 0 Å². The van der Waals surface area contributed by atoms with Crippen LogP contribution in [-0.4, -0.2) is 9.13 Å². The van der Waals surface area contributed by atoms with Gasteiger partial charge in [-0.05, 0) is 42.5 Å². The fourth-order valence-corrected chi connectivity index (χ4v) is 6.72. The summed E-state index contributed by atoms with van der Waals surface area (Å²) >= 11 is 0. The fraction of sp³-hybridized carbons (Fsp3) is 0. The molecule has 0 amide bonds. The first-order valence-electron chi connectivity index (χ1n) is 13.7. The van der Waals surface area contributed by atoms with Gasteiger partial charge in [0.1, 0.15) is 11.7 Å². The van der Waals surface area contributed by atoms with Crippen LogP contribution in [0.2, 0.25) is 0 Å². The van der Waals surface area contributed by atoms with Crippen LogP contribution < -0.4 is 0 Å². The lowest BCUT2D eigenvalue weighted by Crippen LogP contribution is -1.96. The standard InChI is InChI=1S/C37H21N3O/c38-22-23-10-7-14-27-26-13-3-6-18-31(26)40(36(23)27)33-20-8-15-28-35-32(19-9-21-34(35)41-37(28)33)39-29-16-4-1-11-24(29)25-12-2-5-17-30(25)39/h1-21H. The molecule has 0 unspecified atom stereocenters. The van der Waals surface area contributed by atoms with Crippen LogP contribution in [0.3, 0.4) is 0 Å². The van der Waals surface area contributed by atoms with Crippen LogP contribution in [0.1, 0.15) is 5.56 Å². The molecule has 3 aromatic heterocycles. The number of nitrogens with zero attached hydrogens (tertiary/aromatic N) is 3. The van der Waals surface area contributed by atoms with E-state index in [4.69, 9.17) is 4.42 Å². The first kappa shape index (κ1) is 22.1. The van der Waals surface area contributed by atoms with Gasteiger partial charge >= 0.3 is 0 Å². The second-order valence-corrected chi connectivity index (χ2v) is 10.4. The van der Waals surface area contributed by atoms with Crippen LogP contribution in [0, 0.1) is 11.3 Å². The molecule has 41 heavy (non-hydrogen) atoms. The van der Waals surface area contributed by atoms with Crippen LogP contribution in [0.5, 0.6) is 0 Å². The van der Waals surface area contributed by atoms with E-state index in [-0.39, 0.29) is 0 Å². The Morgan fingerprint density at radius 3 is 1.73 bits per heavy atom. The van der Waals surface area contributed by atoms with Crippen molar-refractivity contribution in [3.8, 4) is 17.4 Å². The first-order valence-corrected chi connectivity index (χ1v) is 13.7. The minimum absolute atomic E-state index is 0.637. The highest BCUT2D eigenvalue weighted by Crippen LogP contribution is 2.42. The van der Waals surface area contributed by atoms with Gasteiger partial charge in [-0.2, -0.15) is 5.26 Å². The Bertz CT molecular complexity index is 2500. The highest BCUT2D eigenvalue weighted by atomic mass is 16.3. The van der Waals surface area contributed by atoms with Crippen LogP contribution in [0.4, 0.5) is 0 Å². The van der Waals surface area contributed by atoms with Gasteiger partial charge in [0.15, 0.2) is 5.58 Å². The van der Waals surface area contributed by atoms with Crippen molar-refractivity contribution in [2.24, 2.45) is 0 Å². The van der Waals surface area contributed by atoms with Gasteiger partial charge < -0.3 is 13.6 Å². The molecular weight excluding hydrogens is 502 g/mol. The first-order chi connectivity index (χ1) is 20.3. The predicted molar refractivity (Wildman–Crippen MR) is 167 cm³/mol. The number of hydrogen-bond donors (Lipinski definition) is 0. The average molecular weight is 524 g/mol. The number of fused-ring (bicyclic) bond motifs is 9. The van der Waals surface area contributed by atoms with E-state index in [9.17, 15) is 5.26 Å². The number of hydrogen-bond acceptors (Lipinski definition) is 2. The molecular formula is C37H21N3O. The molecule has 9 rings (SSSR count).